The third kappa shape index (κ3) is 6.01. The summed E-state index contributed by atoms with van der Waals surface area (Å²) in [4.78, 5) is 15.8. The molecule has 1 heterocycles. The molecule has 3 aromatic rings. The first kappa shape index (κ1) is 26.7. The number of hydrogen-bond donors (Lipinski definition) is 1. The largest absolute Gasteiger partial charge is 0.435 e. The van der Waals surface area contributed by atoms with Crippen molar-refractivity contribution in [3.05, 3.63) is 85.2 Å². The maximum atomic E-state index is 13.5. The molecule has 0 unspecified atom stereocenters. The highest BCUT2D eigenvalue weighted by atomic mass is 35.5. The molecule has 0 aliphatic rings. The van der Waals surface area contributed by atoms with Crippen molar-refractivity contribution >= 4 is 34.8 Å². The lowest BCUT2D eigenvalue weighted by molar-refractivity contribution is -0.143. The van der Waals surface area contributed by atoms with Crippen molar-refractivity contribution in [1.29, 1.82) is 0 Å². The Morgan fingerprint density at radius 2 is 1.43 bits per heavy atom. The second-order valence-corrected chi connectivity index (χ2v) is 7.81. The zero-order valence-electron chi connectivity index (χ0n) is 16.7. The summed E-state index contributed by atoms with van der Waals surface area (Å²) in [5.74, 6) is -1.04. The Morgan fingerprint density at radius 1 is 0.829 bits per heavy atom. The van der Waals surface area contributed by atoms with E-state index in [4.69, 9.17) is 23.2 Å². The summed E-state index contributed by atoms with van der Waals surface area (Å²) >= 11 is 11.3. The van der Waals surface area contributed by atoms with Gasteiger partial charge < -0.3 is 5.32 Å². The lowest BCUT2D eigenvalue weighted by Crippen LogP contribution is -2.29. The van der Waals surface area contributed by atoms with Crippen molar-refractivity contribution in [1.82, 2.24) is 9.55 Å². The average Bonchev–Trinajstić information content (AvgIpc) is 2.72. The fourth-order valence-corrected chi connectivity index (χ4v) is 3.30. The van der Waals surface area contributed by atoms with Gasteiger partial charge in [-0.3, -0.25) is 9.36 Å². The minimum absolute atomic E-state index is 0.218. The number of aromatic nitrogens is 2. The average molecular weight is 550 g/mol. The summed E-state index contributed by atoms with van der Waals surface area (Å²) in [5, 5.41) is 0.852. The molecule has 0 saturated carbocycles. The van der Waals surface area contributed by atoms with E-state index >= 15 is 0 Å². The van der Waals surface area contributed by atoms with Crippen molar-refractivity contribution in [3.63, 3.8) is 0 Å². The second-order valence-electron chi connectivity index (χ2n) is 6.99. The topological polar surface area (TPSA) is 46.9 Å². The van der Waals surface area contributed by atoms with Gasteiger partial charge in [-0.05, 0) is 35.9 Å². The molecule has 188 valence electrons. The maximum absolute atomic E-state index is 13.5. The van der Waals surface area contributed by atoms with Crippen molar-refractivity contribution < 1.29 is 39.5 Å². The van der Waals surface area contributed by atoms with E-state index in [0.29, 0.717) is 16.7 Å². The van der Waals surface area contributed by atoms with Crippen molar-refractivity contribution in [2.75, 3.05) is 5.32 Å². The number of hydrogen-bond acceptors (Lipinski definition) is 3. The third-order valence-electron chi connectivity index (χ3n) is 4.54. The molecule has 35 heavy (non-hydrogen) atoms. The number of anilines is 2. The van der Waals surface area contributed by atoms with E-state index in [2.05, 4.69) is 4.98 Å². The molecule has 3 rings (SSSR count). The number of nitrogens with zero attached hydrogens (tertiary/aromatic N) is 2. The van der Waals surface area contributed by atoms with Crippen LogP contribution in [0.15, 0.2) is 47.3 Å². The standard InChI is InChI=1S/C20H10Cl2F9N3O/c21-11-4-1-9(2-5-11)8-34-16(35)14(22)15(20(29,30)31)33-17(34)32-13-6-3-10(18(23,24)25)7-12(13)19(26,27)28/h1-7H,8H2,(H,32,33). The van der Waals surface area contributed by atoms with Crippen LogP contribution in [0, 0.1) is 0 Å². The molecular weight excluding hydrogens is 540 g/mol. The van der Waals surface area contributed by atoms with Crippen LogP contribution in [0.3, 0.4) is 0 Å². The number of halogens is 11. The van der Waals surface area contributed by atoms with Crippen LogP contribution in [0.2, 0.25) is 10.0 Å². The molecule has 1 aromatic heterocycles. The Morgan fingerprint density at radius 3 is 1.94 bits per heavy atom. The minimum atomic E-state index is -5.34. The fourth-order valence-electron chi connectivity index (χ4n) is 2.92. The van der Waals surface area contributed by atoms with Gasteiger partial charge in [-0.2, -0.15) is 39.5 Å². The highest BCUT2D eigenvalue weighted by Crippen LogP contribution is 2.40. The van der Waals surface area contributed by atoms with E-state index in [1.165, 1.54) is 24.3 Å². The highest BCUT2D eigenvalue weighted by Gasteiger charge is 2.40. The molecule has 15 heteroatoms. The molecule has 0 atom stereocenters. The van der Waals surface area contributed by atoms with Gasteiger partial charge >= 0.3 is 18.5 Å². The first-order chi connectivity index (χ1) is 16.0. The van der Waals surface area contributed by atoms with Crippen molar-refractivity contribution in [2.24, 2.45) is 0 Å². The predicted octanol–water partition coefficient (Wildman–Crippen LogP) is 7.40. The molecule has 0 bridgehead atoms. The van der Waals surface area contributed by atoms with Gasteiger partial charge in [0, 0.05) is 5.02 Å². The summed E-state index contributed by atoms with van der Waals surface area (Å²) < 4.78 is 120. The van der Waals surface area contributed by atoms with Crippen LogP contribution in [0.1, 0.15) is 22.4 Å². The van der Waals surface area contributed by atoms with Gasteiger partial charge in [0.05, 0.1) is 23.4 Å². The molecule has 0 aliphatic carbocycles. The predicted molar refractivity (Wildman–Crippen MR) is 109 cm³/mol. The smallest absolute Gasteiger partial charge is 0.325 e. The Bertz CT molecular complexity index is 1300. The van der Waals surface area contributed by atoms with E-state index in [0.717, 1.165) is 0 Å². The number of rotatable bonds is 4. The molecule has 1 N–H and O–H groups in total. The van der Waals surface area contributed by atoms with E-state index in [9.17, 15) is 44.3 Å². The van der Waals surface area contributed by atoms with Crippen molar-refractivity contribution in [2.45, 2.75) is 25.1 Å². The molecule has 0 aliphatic heterocycles. The Labute approximate surface area is 199 Å². The van der Waals surface area contributed by atoms with E-state index < -0.39 is 64.1 Å². The molecule has 2 aromatic carbocycles. The normalized spacial score (nSPS) is 12.7. The number of benzene rings is 2. The number of alkyl halides is 9. The zero-order valence-corrected chi connectivity index (χ0v) is 18.2. The van der Waals surface area contributed by atoms with E-state index in [1.54, 1.807) is 0 Å². The Kier molecular flexibility index (Phi) is 7.06. The lowest BCUT2D eigenvalue weighted by atomic mass is 10.1. The van der Waals surface area contributed by atoms with Gasteiger partial charge in [0.25, 0.3) is 5.56 Å². The monoisotopic (exact) mass is 549 g/mol. The minimum Gasteiger partial charge on any atom is -0.325 e. The summed E-state index contributed by atoms with van der Waals surface area (Å²) in [7, 11) is 0. The lowest BCUT2D eigenvalue weighted by Gasteiger charge is -2.20. The van der Waals surface area contributed by atoms with Crippen LogP contribution in [-0.2, 0) is 25.1 Å². The molecule has 0 fully saturated rings. The summed E-state index contributed by atoms with van der Waals surface area (Å²) in [6.07, 6.45) is -15.7. The highest BCUT2D eigenvalue weighted by molar-refractivity contribution is 6.31. The van der Waals surface area contributed by atoms with Gasteiger partial charge in [-0.25, -0.2) is 4.98 Å². The van der Waals surface area contributed by atoms with Crippen LogP contribution >= 0.6 is 23.2 Å². The van der Waals surface area contributed by atoms with Crippen molar-refractivity contribution in [3.8, 4) is 0 Å². The van der Waals surface area contributed by atoms with Crippen LogP contribution in [-0.4, -0.2) is 9.55 Å². The van der Waals surface area contributed by atoms with Crippen LogP contribution in [0.4, 0.5) is 51.1 Å². The quantitative estimate of drug-likeness (QED) is 0.345. The van der Waals surface area contributed by atoms with Gasteiger partial charge in [0.1, 0.15) is 5.02 Å². The van der Waals surface area contributed by atoms with Crippen LogP contribution < -0.4 is 10.9 Å². The fraction of sp³-hybridized carbons (Fsp3) is 0.200. The second kappa shape index (κ2) is 9.26. The third-order valence-corrected chi connectivity index (χ3v) is 5.13. The first-order valence-corrected chi connectivity index (χ1v) is 9.91. The SMILES string of the molecule is O=c1c(Cl)c(C(F)(F)F)nc(Nc2ccc(C(F)(F)F)cc2C(F)(F)F)n1Cc1ccc(Cl)cc1. The summed E-state index contributed by atoms with van der Waals surface area (Å²) in [6, 6.07) is 5.96. The maximum Gasteiger partial charge on any atom is 0.435 e. The molecule has 0 spiro atoms. The van der Waals surface area contributed by atoms with Gasteiger partial charge in [-0.15, -0.1) is 0 Å². The van der Waals surface area contributed by atoms with Gasteiger partial charge in [0.15, 0.2) is 5.69 Å². The summed E-state index contributed by atoms with van der Waals surface area (Å²) in [5.41, 5.74) is -7.62. The van der Waals surface area contributed by atoms with Gasteiger partial charge in [0.2, 0.25) is 5.95 Å². The first-order valence-electron chi connectivity index (χ1n) is 9.16. The zero-order chi connectivity index (χ0) is 26.3. The molecule has 0 radical (unpaired) electrons. The molecule has 0 saturated heterocycles. The number of nitrogens with one attached hydrogen (secondary N) is 1. The van der Waals surface area contributed by atoms with Crippen LogP contribution in [0.5, 0.6) is 0 Å². The molecule has 0 amide bonds. The Balaban J connectivity index is 2.22. The summed E-state index contributed by atoms with van der Waals surface area (Å²) in [6.45, 7) is -0.509. The molecular formula is C20H10Cl2F9N3O. The Hall–Kier alpha value is -2.93. The molecule has 4 nitrogen and oxygen atoms in total. The van der Waals surface area contributed by atoms with Gasteiger partial charge in [-0.1, -0.05) is 35.3 Å². The van der Waals surface area contributed by atoms with E-state index in [1.807, 2.05) is 5.32 Å². The van der Waals surface area contributed by atoms with Crippen LogP contribution in [0.25, 0.3) is 0 Å². The van der Waals surface area contributed by atoms with E-state index in [-0.39, 0.29) is 16.7 Å².